The van der Waals surface area contributed by atoms with Crippen molar-refractivity contribution in [2.45, 2.75) is 25.8 Å². The van der Waals surface area contributed by atoms with Crippen molar-refractivity contribution in [1.82, 2.24) is 20.4 Å². The monoisotopic (exact) mass is 329 g/mol. The molecule has 130 valence electrons. The van der Waals surface area contributed by atoms with Crippen molar-refractivity contribution in [2.24, 2.45) is 4.99 Å². The molecule has 0 saturated carbocycles. The molecule has 1 heterocycles. The van der Waals surface area contributed by atoms with Crippen LogP contribution in [0.25, 0.3) is 0 Å². The molecular weight excluding hydrogens is 302 g/mol. The van der Waals surface area contributed by atoms with E-state index in [1.807, 2.05) is 54.3 Å². The summed E-state index contributed by atoms with van der Waals surface area (Å²) in [6.07, 6.45) is 4.87. The topological polar surface area (TPSA) is 74.5 Å². The molecule has 0 aliphatic carbocycles. The standard InChI is InChI=1S/C18H27N5O/c1-15-11-22-23(13-15)10-6-9-20-18(19-2)21-12-17(14-24)16-7-4-3-5-8-16/h3-5,7-8,11,13,17,24H,6,9-10,12,14H2,1-2H3,(H2,19,20,21). The molecule has 0 aliphatic rings. The molecule has 1 atom stereocenters. The number of aryl methyl sites for hydroxylation is 2. The fraction of sp³-hybridized carbons (Fsp3) is 0.444. The third-order valence-corrected chi connectivity index (χ3v) is 3.85. The number of aliphatic hydroxyl groups excluding tert-OH is 1. The third-order valence-electron chi connectivity index (χ3n) is 3.85. The number of aliphatic hydroxyl groups is 1. The van der Waals surface area contributed by atoms with Crippen LogP contribution in [-0.2, 0) is 6.54 Å². The fourth-order valence-corrected chi connectivity index (χ4v) is 2.49. The summed E-state index contributed by atoms with van der Waals surface area (Å²) in [6, 6.07) is 10.0. The third kappa shape index (κ3) is 5.70. The van der Waals surface area contributed by atoms with Crippen LogP contribution < -0.4 is 10.6 Å². The van der Waals surface area contributed by atoms with E-state index in [4.69, 9.17) is 0 Å². The van der Waals surface area contributed by atoms with Gasteiger partial charge in [0.25, 0.3) is 0 Å². The lowest BCUT2D eigenvalue weighted by Gasteiger charge is -2.18. The fourth-order valence-electron chi connectivity index (χ4n) is 2.49. The van der Waals surface area contributed by atoms with E-state index in [1.165, 1.54) is 5.56 Å². The molecule has 2 aromatic rings. The van der Waals surface area contributed by atoms with Crippen LogP contribution >= 0.6 is 0 Å². The largest absolute Gasteiger partial charge is 0.396 e. The molecule has 6 nitrogen and oxygen atoms in total. The number of hydrogen-bond donors (Lipinski definition) is 3. The predicted octanol–water partition coefficient (Wildman–Crippen LogP) is 1.52. The zero-order chi connectivity index (χ0) is 17.2. The molecule has 0 radical (unpaired) electrons. The lowest BCUT2D eigenvalue weighted by atomic mass is 10.0. The Balaban J connectivity index is 1.71. The highest BCUT2D eigenvalue weighted by Crippen LogP contribution is 2.13. The summed E-state index contributed by atoms with van der Waals surface area (Å²) >= 11 is 0. The summed E-state index contributed by atoms with van der Waals surface area (Å²) in [7, 11) is 1.75. The van der Waals surface area contributed by atoms with Crippen molar-refractivity contribution in [3.63, 3.8) is 0 Å². The molecule has 24 heavy (non-hydrogen) atoms. The average molecular weight is 329 g/mol. The molecule has 1 unspecified atom stereocenters. The van der Waals surface area contributed by atoms with Gasteiger partial charge in [0, 0.05) is 38.8 Å². The number of nitrogens with zero attached hydrogens (tertiary/aromatic N) is 3. The van der Waals surface area contributed by atoms with Gasteiger partial charge in [0.1, 0.15) is 0 Å². The summed E-state index contributed by atoms with van der Waals surface area (Å²) in [4.78, 5) is 4.23. The molecular formula is C18H27N5O. The minimum absolute atomic E-state index is 0.0526. The van der Waals surface area contributed by atoms with E-state index in [1.54, 1.807) is 7.05 Å². The zero-order valence-electron chi connectivity index (χ0n) is 14.4. The summed E-state index contributed by atoms with van der Waals surface area (Å²) in [5, 5.41) is 20.4. The maximum Gasteiger partial charge on any atom is 0.191 e. The highest BCUT2D eigenvalue weighted by atomic mass is 16.3. The van der Waals surface area contributed by atoms with Crippen LogP contribution in [0.2, 0.25) is 0 Å². The first-order valence-corrected chi connectivity index (χ1v) is 8.32. The van der Waals surface area contributed by atoms with E-state index in [0.29, 0.717) is 6.54 Å². The van der Waals surface area contributed by atoms with E-state index < -0.39 is 0 Å². The minimum Gasteiger partial charge on any atom is -0.396 e. The van der Waals surface area contributed by atoms with Crippen molar-refractivity contribution in [3.8, 4) is 0 Å². The van der Waals surface area contributed by atoms with Crippen LogP contribution in [0.5, 0.6) is 0 Å². The molecule has 0 fully saturated rings. The van der Waals surface area contributed by atoms with Crippen molar-refractivity contribution in [1.29, 1.82) is 0 Å². The first-order chi connectivity index (χ1) is 11.7. The van der Waals surface area contributed by atoms with Crippen molar-refractivity contribution >= 4 is 5.96 Å². The summed E-state index contributed by atoms with van der Waals surface area (Å²) in [6.45, 7) is 4.47. The van der Waals surface area contributed by atoms with E-state index in [-0.39, 0.29) is 12.5 Å². The summed E-state index contributed by atoms with van der Waals surface area (Å²) in [5.74, 6) is 0.804. The van der Waals surface area contributed by atoms with Crippen molar-refractivity contribution < 1.29 is 5.11 Å². The molecule has 0 aliphatic heterocycles. The van der Waals surface area contributed by atoms with E-state index in [9.17, 15) is 5.11 Å². The van der Waals surface area contributed by atoms with Crippen LogP contribution in [0.15, 0.2) is 47.7 Å². The quantitative estimate of drug-likeness (QED) is 0.390. The Labute approximate surface area is 143 Å². The lowest BCUT2D eigenvalue weighted by Crippen LogP contribution is -2.40. The van der Waals surface area contributed by atoms with E-state index in [0.717, 1.165) is 31.0 Å². The van der Waals surface area contributed by atoms with Crippen molar-refractivity contribution in [2.75, 3.05) is 26.7 Å². The SMILES string of the molecule is CN=C(NCCCn1cc(C)cn1)NCC(CO)c1ccccc1. The van der Waals surface area contributed by atoms with Crippen molar-refractivity contribution in [3.05, 3.63) is 53.9 Å². The molecule has 0 amide bonds. The lowest BCUT2D eigenvalue weighted by molar-refractivity contribution is 0.265. The van der Waals surface area contributed by atoms with Crippen LogP contribution in [0.3, 0.4) is 0 Å². The summed E-state index contributed by atoms with van der Waals surface area (Å²) in [5.41, 5.74) is 2.30. The highest BCUT2D eigenvalue weighted by Gasteiger charge is 2.10. The van der Waals surface area contributed by atoms with E-state index in [2.05, 4.69) is 20.7 Å². The Bertz CT molecular complexity index is 623. The Hall–Kier alpha value is -2.34. The van der Waals surface area contributed by atoms with Crippen LogP contribution in [-0.4, -0.2) is 47.6 Å². The van der Waals surface area contributed by atoms with Crippen LogP contribution in [0.4, 0.5) is 0 Å². The molecule has 6 heteroatoms. The molecule has 0 spiro atoms. The molecule has 0 bridgehead atoms. The Morgan fingerprint density at radius 2 is 2.08 bits per heavy atom. The molecule has 1 aromatic heterocycles. The van der Waals surface area contributed by atoms with Crippen LogP contribution in [0.1, 0.15) is 23.5 Å². The predicted molar refractivity (Wildman–Crippen MR) is 97.2 cm³/mol. The average Bonchev–Trinajstić information content (AvgIpc) is 3.03. The second kappa shape index (κ2) is 9.72. The van der Waals surface area contributed by atoms with Gasteiger partial charge in [0.05, 0.1) is 12.8 Å². The van der Waals surface area contributed by atoms with Gasteiger partial charge in [0.15, 0.2) is 5.96 Å². The van der Waals surface area contributed by atoms with Gasteiger partial charge in [-0.15, -0.1) is 0 Å². The number of guanidine groups is 1. The van der Waals surface area contributed by atoms with Gasteiger partial charge in [0.2, 0.25) is 0 Å². The first-order valence-electron chi connectivity index (χ1n) is 8.32. The molecule has 1 aromatic carbocycles. The first kappa shape index (κ1) is 18.0. The van der Waals surface area contributed by atoms with Gasteiger partial charge in [-0.2, -0.15) is 5.10 Å². The Morgan fingerprint density at radius 1 is 1.29 bits per heavy atom. The number of benzene rings is 1. The molecule has 2 rings (SSSR count). The summed E-state index contributed by atoms with van der Waals surface area (Å²) < 4.78 is 1.95. The molecule has 0 saturated heterocycles. The number of rotatable bonds is 8. The minimum atomic E-state index is 0.0526. The normalized spacial score (nSPS) is 12.9. The van der Waals surface area contributed by atoms with Crippen LogP contribution in [0, 0.1) is 6.92 Å². The highest BCUT2D eigenvalue weighted by molar-refractivity contribution is 5.79. The van der Waals surface area contributed by atoms with Gasteiger partial charge < -0.3 is 15.7 Å². The van der Waals surface area contributed by atoms with Gasteiger partial charge in [-0.25, -0.2) is 0 Å². The number of hydrogen-bond acceptors (Lipinski definition) is 3. The number of aliphatic imine (C=N–C) groups is 1. The zero-order valence-corrected chi connectivity index (χ0v) is 14.4. The Morgan fingerprint density at radius 3 is 2.71 bits per heavy atom. The number of nitrogens with one attached hydrogen (secondary N) is 2. The van der Waals surface area contributed by atoms with Gasteiger partial charge >= 0.3 is 0 Å². The molecule has 3 N–H and O–H groups in total. The second-order valence-corrected chi connectivity index (χ2v) is 5.80. The number of aromatic nitrogens is 2. The van der Waals surface area contributed by atoms with Gasteiger partial charge in [-0.1, -0.05) is 30.3 Å². The Kier molecular flexibility index (Phi) is 7.29. The van der Waals surface area contributed by atoms with E-state index >= 15 is 0 Å². The second-order valence-electron chi connectivity index (χ2n) is 5.80. The smallest absolute Gasteiger partial charge is 0.191 e. The maximum atomic E-state index is 9.60. The van der Waals surface area contributed by atoms with Gasteiger partial charge in [-0.05, 0) is 24.5 Å². The van der Waals surface area contributed by atoms with Gasteiger partial charge in [-0.3, -0.25) is 9.67 Å². The maximum absolute atomic E-state index is 9.60.